The molecule has 0 bridgehead atoms. The predicted molar refractivity (Wildman–Crippen MR) is 72.0 cm³/mol. The fourth-order valence-electron chi connectivity index (χ4n) is 1.42. The number of anilines is 2. The van der Waals surface area contributed by atoms with Gasteiger partial charge in [-0.25, -0.2) is 9.59 Å². The highest BCUT2D eigenvalue weighted by atomic mass is 32.1. The van der Waals surface area contributed by atoms with E-state index in [1.54, 1.807) is 17.5 Å². The predicted octanol–water partition coefficient (Wildman–Crippen LogP) is 2.80. The van der Waals surface area contributed by atoms with Crippen molar-refractivity contribution in [3.8, 4) is 5.75 Å². The van der Waals surface area contributed by atoms with Crippen LogP contribution < -0.4 is 10.6 Å². The third kappa shape index (κ3) is 3.23. The molecule has 1 aromatic heterocycles. The molecule has 0 fully saturated rings. The third-order valence-corrected chi connectivity index (χ3v) is 3.06. The van der Waals surface area contributed by atoms with E-state index in [-0.39, 0.29) is 16.3 Å². The lowest BCUT2D eigenvalue weighted by Gasteiger charge is -2.07. The van der Waals surface area contributed by atoms with Crippen molar-refractivity contribution in [3.05, 3.63) is 41.3 Å². The Balaban J connectivity index is 2.05. The SMILES string of the molecule is O=C(Nc1cccc(O)c1)Nc1sccc1C(=O)O. The molecule has 2 rings (SSSR count). The maximum Gasteiger partial charge on any atom is 0.338 e. The summed E-state index contributed by atoms with van der Waals surface area (Å²) in [5.41, 5.74) is 0.446. The third-order valence-electron chi connectivity index (χ3n) is 2.23. The van der Waals surface area contributed by atoms with E-state index >= 15 is 0 Å². The summed E-state index contributed by atoms with van der Waals surface area (Å²) < 4.78 is 0. The minimum atomic E-state index is -1.10. The molecule has 2 amide bonds. The molecule has 0 unspecified atom stereocenters. The zero-order valence-corrected chi connectivity index (χ0v) is 10.4. The molecule has 6 nitrogen and oxygen atoms in total. The molecule has 1 aromatic carbocycles. The van der Waals surface area contributed by atoms with Crippen LogP contribution in [0.1, 0.15) is 10.4 Å². The summed E-state index contributed by atoms with van der Waals surface area (Å²) in [5, 5.41) is 24.9. The average molecular weight is 278 g/mol. The molecule has 19 heavy (non-hydrogen) atoms. The second-order valence-corrected chi connectivity index (χ2v) is 4.51. The minimum absolute atomic E-state index is 0.0279. The van der Waals surface area contributed by atoms with Gasteiger partial charge in [0.1, 0.15) is 10.8 Å². The van der Waals surface area contributed by atoms with E-state index in [1.165, 1.54) is 18.2 Å². The van der Waals surface area contributed by atoms with E-state index in [2.05, 4.69) is 10.6 Å². The van der Waals surface area contributed by atoms with E-state index < -0.39 is 12.0 Å². The smallest absolute Gasteiger partial charge is 0.338 e. The van der Waals surface area contributed by atoms with Crippen molar-refractivity contribution < 1.29 is 19.8 Å². The highest BCUT2D eigenvalue weighted by Crippen LogP contribution is 2.23. The maximum absolute atomic E-state index is 11.7. The van der Waals surface area contributed by atoms with Crippen LogP contribution in [0.3, 0.4) is 0 Å². The van der Waals surface area contributed by atoms with Gasteiger partial charge in [0.2, 0.25) is 0 Å². The van der Waals surface area contributed by atoms with Crippen LogP contribution in [0.4, 0.5) is 15.5 Å². The number of phenolic OH excluding ortho intramolecular Hbond substituents is 1. The number of amides is 2. The van der Waals surface area contributed by atoms with Gasteiger partial charge >= 0.3 is 12.0 Å². The molecular formula is C12H10N2O4S. The normalized spacial score (nSPS) is 9.89. The van der Waals surface area contributed by atoms with Crippen LogP contribution in [-0.4, -0.2) is 22.2 Å². The van der Waals surface area contributed by atoms with Gasteiger partial charge in [-0.3, -0.25) is 5.32 Å². The first-order chi connectivity index (χ1) is 9.06. The van der Waals surface area contributed by atoms with Crippen molar-refractivity contribution in [2.75, 3.05) is 10.6 Å². The summed E-state index contributed by atoms with van der Waals surface area (Å²) in [6.45, 7) is 0. The zero-order chi connectivity index (χ0) is 13.8. The fraction of sp³-hybridized carbons (Fsp3) is 0. The topological polar surface area (TPSA) is 98.7 Å². The number of carbonyl (C=O) groups is 2. The summed E-state index contributed by atoms with van der Waals surface area (Å²) in [6.07, 6.45) is 0. The van der Waals surface area contributed by atoms with Gasteiger partial charge in [-0.15, -0.1) is 11.3 Å². The Labute approximate surface area is 112 Å². The average Bonchev–Trinajstić information content (AvgIpc) is 2.76. The number of benzene rings is 1. The largest absolute Gasteiger partial charge is 0.508 e. The number of carboxylic acids is 1. The molecule has 2 aromatic rings. The molecule has 1 heterocycles. The Kier molecular flexibility index (Phi) is 3.67. The maximum atomic E-state index is 11.7. The van der Waals surface area contributed by atoms with Gasteiger partial charge in [-0.05, 0) is 23.6 Å². The number of phenols is 1. The number of thiophene rings is 1. The van der Waals surface area contributed by atoms with Crippen LogP contribution in [-0.2, 0) is 0 Å². The summed E-state index contributed by atoms with van der Waals surface area (Å²) in [6, 6.07) is 6.88. The first-order valence-electron chi connectivity index (χ1n) is 5.24. The Bertz CT molecular complexity index is 624. The zero-order valence-electron chi connectivity index (χ0n) is 9.58. The number of aromatic carboxylic acids is 1. The monoisotopic (exact) mass is 278 g/mol. The Morgan fingerprint density at radius 2 is 1.95 bits per heavy atom. The van der Waals surface area contributed by atoms with Crippen molar-refractivity contribution in [2.45, 2.75) is 0 Å². The van der Waals surface area contributed by atoms with Crippen molar-refractivity contribution >= 4 is 34.0 Å². The van der Waals surface area contributed by atoms with Gasteiger partial charge < -0.3 is 15.5 Å². The molecule has 0 saturated carbocycles. The van der Waals surface area contributed by atoms with E-state index in [4.69, 9.17) is 5.11 Å². The number of carbonyl (C=O) groups excluding carboxylic acids is 1. The summed E-state index contributed by atoms with van der Waals surface area (Å²) in [7, 11) is 0. The van der Waals surface area contributed by atoms with Gasteiger partial charge in [0.25, 0.3) is 0 Å². The Hall–Kier alpha value is -2.54. The lowest BCUT2D eigenvalue weighted by atomic mass is 10.3. The first-order valence-corrected chi connectivity index (χ1v) is 6.12. The quantitative estimate of drug-likeness (QED) is 0.693. The summed E-state index contributed by atoms with van der Waals surface area (Å²) in [4.78, 5) is 22.5. The van der Waals surface area contributed by atoms with Crippen molar-refractivity contribution in [2.24, 2.45) is 0 Å². The van der Waals surface area contributed by atoms with Crippen molar-refractivity contribution in [3.63, 3.8) is 0 Å². The molecule has 7 heteroatoms. The van der Waals surface area contributed by atoms with Crippen LogP contribution in [0.25, 0.3) is 0 Å². The number of carboxylic acid groups (broad SMARTS) is 1. The number of hydrogen-bond acceptors (Lipinski definition) is 4. The van der Waals surface area contributed by atoms with Crippen LogP contribution >= 0.6 is 11.3 Å². The lowest BCUT2D eigenvalue weighted by molar-refractivity contribution is 0.0698. The Morgan fingerprint density at radius 1 is 1.16 bits per heavy atom. The first kappa shape index (κ1) is 12.9. The lowest BCUT2D eigenvalue weighted by Crippen LogP contribution is -2.19. The van der Waals surface area contributed by atoms with Gasteiger partial charge in [0.05, 0.1) is 5.56 Å². The molecule has 0 atom stereocenters. The second-order valence-electron chi connectivity index (χ2n) is 3.60. The summed E-state index contributed by atoms with van der Waals surface area (Å²) in [5.74, 6) is -1.07. The standard InChI is InChI=1S/C12H10N2O4S/c15-8-3-1-2-7(6-8)13-12(18)14-10-9(11(16)17)4-5-19-10/h1-6,15H,(H,16,17)(H2,13,14,18). The summed E-state index contributed by atoms with van der Waals surface area (Å²) >= 11 is 1.12. The second kappa shape index (κ2) is 5.40. The molecule has 4 N–H and O–H groups in total. The number of urea groups is 1. The number of nitrogens with one attached hydrogen (secondary N) is 2. The van der Waals surface area contributed by atoms with Crippen LogP contribution in [0.5, 0.6) is 5.75 Å². The molecule has 0 aliphatic rings. The molecule has 0 radical (unpaired) electrons. The van der Waals surface area contributed by atoms with Crippen LogP contribution in [0.15, 0.2) is 35.7 Å². The van der Waals surface area contributed by atoms with E-state index in [1.807, 2.05) is 0 Å². The van der Waals surface area contributed by atoms with E-state index in [9.17, 15) is 14.7 Å². The van der Waals surface area contributed by atoms with E-state index in [0.29, 0.717) is 5.69 Å². The molecule has 0 aliphatic heterocycles. The number of hydrogen-bond donors (Lipinski definition) is 4. The van der Waals surface area contributed by atoms with Gasteiger partial charge in [-0.1, -0.05) is 6.07 Å². The van der Waals surface area contributed by atoms with Crippen molar-refractivity contribution in [1.29, 1.82) is 0 Å². The number of rotatable bonds is 3. The highest BCUT2D eigenvalue weighted by Gasteiger charge is 2.13. The molecule has 98 valence electrons. The van der Waals surface area contributed by atoms with Crippen LogP contribution in [0, 0.1) is 0 Å². The van der Waals surface area contributed by atoms with E-state index in [0.717, 1.165) is 11.3 Å². The highest BCUT2D eigenvalue weighted by molar-refractivity contribution is 7.14. The van der Waals surface area contributed by atoms with Gasteiger partial charge in [0.15, 0.2) is 0 Å². The molecule has 0 spiro atoms. The fourth-order valence-corrected chi connectivity index (χ4v) is 2.20. The van der Waals surface area contributed by atoms with Crippen LogP contribution in [0.2, 0.25) is 0 Å². The van der Waals surface area contributed by atoms with Gasteiger partial charge in [-0.2, -0.15) is 0 Å². The minimum Gasteiger partial charge on any atom is -0.508 e. The Morgan fingerprint density at radius 3 is 2.63 bits per heavy atom. The molecule has 0 saturated heterocycles. The molecular weight excluding hydrogens is 268 g/mol. The van der Waals surface area contributed by atoms with Crippen molar-refractivity contribution in [1.82, 2.24) is 0 Å². The van der Waals surface area contributed by atoms with Gasteiger partial charge in [0, 0.05) is 11.8 Å². The molecule has 0 aliphatic carbocycles. The number of aromatic hydroxyl groups is 1.